The highest BCUT2D eigenvalue weighted by Gasteiger charge is 2.28. The van der Waals surface area contributed by atoms with E-state index < -0.39 is 0 Å². The van der Waals surface area contributed by atoms with Crippen molar-refractivity contribution in [2.24, 2.45) is 0 Å². The molecule has 1 atom stereocenters. The number of aromatic nitrogens is 2. The van der Waals surface area contributed by atoms with E-state index in [9.17, 15) is 4.79 Å². The van der Waals surface area contributed by atoms with E-state index in [1.165, 1.54) is 10.4 Å². The zero-order chi connectivity index (χ0) is 19.5. The minimum absolute atomic E-state index is 0.0480. The van der Waals surface area contributed by atoms with E-state index in [4.69, 9.17) is 4.98 Å². The summed E-state index contributed by atoms with van der Waals surface area (Å²) in [5.41, 5.74) is 3.34. The summed E-state index contributed by atoms with van der Waals surface area (Å²) in [5.74, 6) is 0.434. The molecule has 3 N–H and O–H groups in total. The fourth-order valence-electron chi connectivity index (χ4n) is 3.53. The highest BCUT2D eigenvalue weighted by atomic mass is 32.1. The summed E-state index contributed by atoms with van der Waals surface area (Å²) >= 11 is 3.35. The number of hydrogen-bond acceptors (Lipinski definition) is 7. The zero-order valence-electron chi connectivity index (χ0n) is 16.2. The van der Waals surface area contributed by atoms with Crippen LogP contribution in [0.25, 0.3) is 20.8 Å². The molecule has 8 heteroatoms. The molecule has 3 aromatic heterocycles. The fourth-order valence-corrected chi connectivity index (χ4v) is 5.90. The Hall–Kier alpha value is -1.87. The average molecular weight is 416 g/mol. The van der Waals surface area contributed by atoms with E-state index in [0.717, 1.165) is 51.8 Å². The third-order valence-electron chi connectivity index (χ3n) is 4.86. The Balaban J connectivity index is 1.67. The number of nitrogens with one attached hydrogen (secondary N) is 3. The largest absolute Gasteiger partial charge is 0.317 e. The number of anilines is 1. The molecule has 0 fully saturated rings. The molecule has 1 unspecified atom stereocenters. The molecule has 3 aromatic rings. The predicted octanol–water partition coefficient (Wildman–Crippen LogP) is 3.95. The minimum atomic E-state index is 0.0480. The van der Waals surface area contributed by atoms with Gasteiger partial charge in [0.1, 0.15) is 15.5 Å². The fraction of sp³-hybridized carbons (Fsp3) is 0.450. The second-order valence-corrected chi connectivity index (χ2v) is 9.22. The maximum Gasteiger partial charge on any atom is 0.226 e. The van der Waals surface area contributed by atoms with Gasteiger partial charge in [0.25, 0.3) is 0 Å². The van der Waals surface area contributed by atoms with Gasteiger partial charge in [0.15, 0.2) is 0 Å². The van der Waals surface area contributed by atoms with E-state index in [1.807, 2.05) is 6.07 Å². The van der Waals surface area contributed by atoms with Crippen molar-refractivity contribution in [3.8, 4) is 10.6 Å². The van der Waals surface area contributed by atoms with Crippen molar-refractivity contribution in [1.82, 2.24) is 20.6 Å². The first-order valence-electron chi connectivity index (χ1n) is 9.75. The molecule has 4 rings (SSSR count). The number of thiophene rings is 1. The topological polar surface area (TPSA) is 78.9 Å². The van der Waals surface area contributed by atoms with Crippen LogP contribution in [0.3, 0.4) is 0 Å². The first kappa shape index (κ1) is 19.4. The molecule has 6 nitrogen and oxygen atoms in total. The second kappa shape index (κ2) is 8.65. The Morgan fingerprint density at radius 3 is 3.07 bits per heavy atom. The molecule has 0 bridgehead atoms. The van der Waals surface area contributed by atoms with Gasteiger partial charge in [0.05, 0.1) is 10.9 Å². The molecule has 0 spiro atoms. The van der Waals surface area contributed by atoms with Crippen molar-refractivity contribution in [2.75, 3.05) is 25.0 Å². The first-order chi connectivity index (χ1) is 13.7. The van der Waals surface area contributed by atoms with Gasteiger partial charge < -0.3 is 16.0 Å². The average Bonchev–Trinajstić information content (AvgIpc) is 3.26. The van der Waals surface area contributed by atoms with Crippen LogP contribution in [-0.4, -0.2) is 35.5 Å². The molecular formula is C20H25N5OS2. The molecular weight excluding hydrogens is 390 g/mol. The standard InChI is InChI=1S/C20H25N5OS2/c1-3-6-21-8-5-16(26)25-20-18(17-12(2)9-23-11-15(17)28-20)19-24-13-10-22-7-4-14(13)27-19/h4,7,10,12,21,23H,3,5-6,8-9,11H2,1-2H3,(H,25,26). The molecule has 1 aliphatic rings. The van der Waals surface area contributed by atoms with Crippen molar-refractivity contribution in [3.05, 3.63) is 28.9 Å². The van der Waals surface area contributed by atoms with Crippen molar-refractivity contribution in [2.45, 2.75) is 39.2 Å². The monoisotopic (exact) mass is 415 g/mol. The van der Waals surface area contributed by atoms with E-state index >= 15 is 0 Å². The smallest absolute Gasteiger partial charge is 0.226 e. The van der Waals surface area contributed by atoms with Crippen LogP contribution in [0.15, 0.2) is 18.5 Å². The van der Waals surface area contributed by atoms with Gasteiger partial charge in [-0.15, -0.1) is 22.7 Å². The Labute approximate surface area is 172 Å². The highest BCUT2D eigenvalue weighted by Crippen LogP contribution is 2.47. The Kier molecular flexibility index (Phi) is 6.01. The van der Waals surface area contributed by atoms with Crippen molar-refractivity contribution < 1.29 is 4.79 Å². The van der Waals surface area contributed by atoms with Crippen LogP contribution in [0.2, 0.25) is 0 Å². The summed E-state index contributed by atoms with van der Waals surface area (Å²) in [6.45, 7) is 7.78. The summed E-state index contributed by atoms with van der Waals surface area (Å²) in [6, 6.07) is 2.00. The Morgan fingerprint density at radius 2 is 2.25 bits per heavy atom. The summed E-state index contributed by atoms with van der Waals surface area (Å²) in [7, 11) is 0. The van der Waals surface area contributed by atoms with Gasteiger partial charge in [-0.2, -0.15) is 0 Å². The van der Waals surface area contributed by atoms with E-state index in [0.29, 0.717) is 18.9 Å². The summed E-state index contributed by atoms with van der Waals surface area (Å²) < 4.78 is 1.12. The van der Waals surface area contributed by atoms with Crippen LogP contribution in [0.1, 0.15) is 43.0 Å². The number of amides is 1. The lowest BCUT2D eigenvalue weighted by atomic mass is 9.94. The molecule has 28 heavy (non-hydrogen) atoms. The van der Waals surface area contributed by atoms with Crippen LogP contribution >= 0.6 is 22.7 Å². The molecule has 0 aromatic carbocycles. The van der Waals surface area contributed by atoms with E-state index in [1.54, 1.807) is 35.1 Å². The summed E-state index contributed by atoms with van der Waals surface area (Å²) in [4.78, 5) is 22.9. The molecule has 4 heterocycles. The van der Waals surface area contributed by atoms with Crippen LogP contribution in [0.5, 0.6) is 0 Å². The van der Waals surface area contributed by atoms with Crippen LogP contribution in [0, 0.1) is 0 Å². The summed E-state index contributed by atoms with van der Waals surface area (Å²) in [6.07, 6.45) is 5.14. The minimum Gasteiger partial charge on any atom is -0.317 e. The van der Waals surface area contributed by atoms with Gasteiger partial charge in [0, 0.05) is 42.7 Å². The van der Waals surface area contributed by atoms with Gasteiger partial charge in [-0.3, -0.25) is 9.78 Å². The number of fused-ring (bicyclic) bond motifs is 2. The summed E-state index contributed by atoms with van der Waals surface area (Å²) in [5, 5.41) is 11.8. The number of hydrogen-bond donors (Lipinski definition) is 3. The number of pyridine rings is 1. The molecule has 0 aliphatic carbocycles. The normalized spacial score (nSPS) is 16.3. The van der Waals surface area contributed by atoms with Gasteiger partial charge in [-0.05, 0) is 30.5 Å². The first-order valence-corrected chi connectivity index (χ1v) is 11.4. The molecule has 148 valence electrons. The van der Waals surface area contributed by atoms with Crippen LogP contribution in [-0.2, 0) is 11.3 Å². The third kappa shape index (κ3) is 3.96. The SMILES string of the molecule is CCCNCCC(=O)Nc1sc2c(c1-c1nc3cnccc3s1)C(C)CNC2. The highest BCUT2D eigenvalue weighted by molar-refractivity contribution is 7.22. The maximum absolute atomic E-state index is 12.5. The lowest BCUT2D eigenvalue weighted by Crippen LogP contribution is -2.25. The zero-order valence-corrected chi connectivity index (χ0v) is 17.8. The van der Waals surface area contributed by atoms with Gasteiger partial charge in [-0.1, -0.05) is 13.8 Å². The lowest BCUT2D eigenvalue weighted by Gasteiger charge is -2.21. The molecule has 0 radical (unpaired) electrons. The number of thiazole rings is 1. The Bertz CT molecular complexity index is 947. The van der Waals surface area contributed by atoms with Crippen LogP contribution in [0.4, 0.5) is 5.00 Å². The van der Waals surface area contributed by atoms with Gasteiger partial charge >= 0.3 is 0 Å². The molecule has 1 aliphatic heterocycles. The molecule has 0 saturated heterocycles. The number of nitrogens with zero attached hydrogens (tertiary/aromatic N) is 2. The molecule has 0 saturated carbocycles. The molecule has 1 amide bonds. The van der Waals surface area contributed by atoms with Gasteiger partial charge in [-0.25, -0.2) is 4.98 Å². The second-order valence-electron chi connectivity index (χ2n) is 7.09. The lowest BCUT2D eigenvalue weighted by molar-refractivity contribution is -0.116. The van der Waals surface area contributed by atoms with Crippen LogP contribution < -0.4 is 16.0 Å². The van der Waals surface area contributed by atoms with E-state index in [2.05, 4.69) is 34.8 Å². The van der Waals surface area contributed by atoms with Crippen molar-refractivity contribution >= 4 is 43.8 Å². The maximum atomic E-state index is 12.5. The number of carbonyl (C=O) groups is 1. The Morgan fingerprint density at radius 1 is 1.36 bits per heavy atom. The third-order valence-corrected chi connectivity index (χ3v) is 7.04. The number of carbonyl (C=O) groups excluding carboxylic acids is 1. The predicted molar refractivity (Wildman–Crippen MR) is 117 cm³/mol. The number of rotatable bonds is 7. The quantitative estimate of drug-likeness (QED) is 0.509. The van der Waals surface area contributed by atoms with E-state index in [-0.39, 0.29) is 5.91 Å². The van der Waals surface area contributed by atoms with Gasteiger partial charge in [0.2, 0.25) is 5.91 Å². The van der Waals surface area contributed by atoms with Crippen molar-refractivity contribution in [1.29, 1.82) is 0 Å². The van der Waals surface area contributed by atoms with Crippen molar-refractivity contribution in [3.63, 3.8) is 0 Å².